The maximum Gasteiger partial charge on any atom is 0.234 e. The fourth-order valence-corrected chi connectivity index (χ4v) is 3.26. The Kier molecular flexibility index (Phi) is 8.87. The Morgan fingerprint density at radius 2 is 1.85 bits per heavy atom. The minimum atomic E-state index is -0.107. The largest absolute Gasteiger partial charge is 0.383 e. The number of hydrogen-bond donors (Lipinski definition) is 1. The Morgan fingerprint density at radius 3 is 2.56 bits per heavy atom. The fourth-order valence-electron chi connectivity index (χ4n) is 2.54. The normalized spacial score (nSPS) is 10.4. The molecule has 0 aliphatic carbocycles. The van der Waals surface area contributed by atoms with Gasteiger partial charge in [0.2, 0.25) is 11.8 Å². The van der Waals surface area contributed by atoms with E-state index in [4.69, 9.17) is 4.74 Å². The molecule has 6 heteroatoms. The molecule has 0 atom stereocenters. The van der Waals surface area contributed by atoms with Crippen molar-refractivity contribution >= 4 is 29.3 Å². The second-order valence-corrected chi connectivity index (χ2v) is 7.19. The summed E-state index contributed by atoms with van der Waals surface area (Å²) < 4.78 is 5.11. The van der Waals surface area contributed by atoms with Crippen molar-refractivity contribution in [3.63, 3.8) is 0 Å². The highest BCUT2D eigenvalue weighted by atomic mass is 32.2. The number of aryl methyl sites for hydroxylation is 1. The Hall–Kier alpha value is -2.31. The van der Waals surface area contributed by atoms with Crippen molar-refractivity contribution in [3.8, 4) is 0 Å². The van der Waals surface area contributed by atoms with Gasteiger partial charge in [-0.3, -0.25) is 9.59 Å². The van der Waals surface area contributed by atoms with Crippen LogP contribution in [0.3, 0.4) is 0 Å². The summed E-state index contributed by atoms with van der Waals surface area (Å²) in [4.78, 5) is 26.4. The molecule has 0 fully saturated rings. The van der Waals surface area contributed by atoms with Gasteiger partial charge in [0, 0.05) is 25.9 Å². The summed E-state index contributed by atoms with van der Waals surface area (Å²) in [5.41, 5.74) is 2.94. The number of methoxy groups -OCH3 is 1. The van der Waals surface area contributed by atoms with Crippen molar-refractivity contribution in [3.05, 3.63) is 65.7 Å². The molecule has 2 rings (SSSR count). The maximum absolute atomic E-state index is 12.6. The van der Waals surface area contributed by atoms with E-state index in [9.17, 15) is 9.59 Å². The minimum absolute atomic E-state index is 0.00394. The molecule has 0 radical (unpaired) electrons. The van der Waals surface area contributed by atoms with Gasteiger partial charge in [-0.15, -0.1) is 11.8 Å². The Morgan fingerprint density at radius 1 is 1.07 bits per heavy atom. The monoisotopic (exact) mass is 386 g/mol. The number of carbonyl (C=O) groups is 2. The molecule has 0 heterocycles. The van der Waals surface area contributed by atoms with Gasteiger partial charge in [0.1, 0.15) is 0 Å². The number of ether oxygens (including phenoxy) is 1. The smallest absolute Gasteiger partial charge is 0.234 e. The lowest BCUT2D eigenvalue weighted by Crippen LogP contribution is -2.35. The van der Waals surface area contributed by atoms with Gasteiger partial charge in [0.25, 0.3) is 0 Å². The summed E-state index contributed by atoms with van der Waals surface area (Å²) in [6.07, 6.45) is 0. The van der Waals surface area contributed by atoms with Crippen LogP contribution < -0.4 is 5.32 Å². The lowest BCUT2D eigenvalue weighted by Gasteiger charge is -2.22. The maximum atomic E-state index is 12.6. The number of nitrogens with zero attached hydrogens (tertiary/aromatic N) is 1. The van der Waals surface area contributed by atoms with E-state index in [0.29, 0.717) is 19.7 Å². The summed E-state index contributed by atoms with van der Waals surface area (Å²) in [7, 11) is 1.62. The Labute approximate surface area is 165 Å². The average Bonchev–Trinajstić information content (AvgIpc) is 2.65. The van der Waals surface area contributed by atoms with Crippen LogP contribution in [-0.4, -0.2) is 48.5 Å². The number of carbonyl (C=O) groups excluding carboxylic acids is 2. The van der Waals surface area contributed by atoms with Crippen LogP contribution in [0.2, 0.25) is 0 Å². The van der Waals surface area contributed by atoms with Gasteiger partial charge < -0.3 is 15.0 Å². The second-order valence-electron chi connectivity index (χ2n) is 6.20. The number of anilines is 1. The average molecular weight is 387 g/mol. The Balaban J connectivity index is 1.80. The highest BCUT2D eigenvalue weighted by Crippen LogP contribution is 2.12. The molecular weight excluding hydrogens is 360 g/mol. The third-order valence-corrected chi connectivity index (χ3v) is 4.81. The van der Waals surface area contributed by atoms with E-state index in [0.717, 1.165) is 16.8 Å². The van der Waals surface area contributed by atoms with Crippen molar-refractivity contribution in [1.82, 2.24) is 4.90 Å². The summed E-state index contributed by atoms with van der Waals surface area (Å²) in [6, 6.07) is 17.5. The van der Waals surface area contributed by atoms with Crippen LogP contribution in [0.15, 0.2) is 54.6 Å². The van der Waals surface area contributed by atoms with Gasteiger partial charge in [-0.05, 0) is 30.2 Å². The predicted octanol–water partition coefficient (Wildman–Crippen LogP) is 3.34. The van der Waals surface area contributed by atoms with Crippen LogP contribution >= 0.6 is 11.8 Å². The van der Waals surface area contributed by atoms with E-state index in [2.05, 4.69) is 5.32 Å². The molecule has 2 amide bonds. The topological polar surface area (TPSA) is 58.6 Å². The summed E-state index contributed by atoms with van der Waals surface area (Å²) >= 11 is 1.32. The number of nitrogens with one attached hydrogen (secondary N) is 1. The van der Waals surface area contributed by atoms with Crippen molar-refractivity contribution in [2.75, 3.05) is 37.1 Å². The molecule has 0 aliphatic rings. The van der Waals surface area contributed by atoms with Gasteiger partial charge in [-0.2, -0.15) is 0 Å². The number of amides is 2. The van der Waals surface area contributed by atoms with Crippen molar-refractivity contribution in [1.29, 1.82) is 0 Å². The van der Waals surface area contributed by atoms with Crippen molar-refractivity contribution in [2.45, 2.75) is 13.5 Å². The molecule has 0 unspecified atom stereocenters. The molecular formula is C21H26N2O3S. The van der Waals surface area contributed by atoms with E-state index in [1.54, 1.807) is 12.0 Å². The van der Waals surface area contributed by atoms with Crippen LogP contribution in [0.25, 0.3) is 0 Å². The lowest BCUT2D eigenvalue weighted by molar-refractivity contribution is -0.129. The van der Waals surface area contributed by atoms with Crippen LogP contribution in [0.1, 0.15) is 11.1 Å². The first-order valence-electron chi connectivity index (χ1n) is 8.83. The standard InChI is InChI=1S/C21H26N2O3S/c1-17-7-6-10-19(13-17)22-20(24)15-27-16-21(25)23(11-12-26-2)14-18-8-4-3-5-9-18/h3-10,13H,11-12,14-16H2,1-2H3,(H,22,24). The molecule has 144 valence electrons. The molecule has 0 bridgehead atoms. The molecule has 5 nitrogen and oxygen atoms in total. The summed E-state index contributed by atoms with van der Waals surface area (Å²) in [5, 5.41) is 2.86. The zero-order chi connectivity index (χ0) is 19.5. The second kappa shape index (κ2) is 11.4. The lowest BCUT2D eigenvalue weighted by atomic mass is 10.2. The predicted molar refractivity (Wildman–Crippen MR) is 111 cm³/mol. The highest BCUT2D eigenvalue weighted by molar-refractivity contribution is 8.00. The zero-order valence-corrected chi connectivity index (χ0v) is 16.6. The Bertz CT molecular complexity index is 737. The van der Waals surface area contributed by atoms with Crippen LogP contribution in [0.5, 0.6) is 0 Å². The number of benzene rings is 2. The molecule has 27 heavy (non-hydrogen) atoms. The fraction of sp³-hybridized carbons (Fsp3) is 0.333. The molecule has 2 aromatic carbocycles. The third kappa shape index (κ3) is 7.85. The zero-order valence-electron chi connectivity index (χ0n) is 15.8. The van der Waals surface area contributed by atoms with Gasteiger partial charge in [0.05, 0.1) is 18.1 Å². The van der Waals surface area contributed by atoms with Crippen molar-refractivity contribution < 1.29 is 14.3 Å². The summed E-state index contributed by atoms with van der Waals surface area (Å²) in [5.74, 6) is 0.398. The quantitative estimate of drug-likeness (QED) is 0.680. The van der Waals surface area contributed by atoms with E-state index in [1.165, 1.54) is 11.8 Å². The minimum Gasteiger partial charge on any atom is -0.383 e. The molecule has 0 aromatic heterocycles. The van der Waals surface area contributed by atoms with Crippen LogP contribution in [0.4, 0.5) is 5.69 Å². The highest BCUT2D eigenvalue weighted by Gasteiger charge is 2.15. The number of thioether (sulfide) groups is 1. The van der Waals surface area contributed by atoms with E-state index < -0.39 is 0 Å². The first-order chi connectivity index (χ1) is 13.1. The van der Waals surface area contributed by atoms with E-state index >= 15 is 0 Å². The van der Waals surface area contributed by atoms with Gasteiger partial charge in [-0.25, -0.2) is 0 Å². The van der Waals surface area contributed by atoms with Gasteiger partial charge in [-0.1, -0.05) is 42.5 Å². The SMILES string of the molecule is COCCN(Cc1ccccc1)C(=O)CSCC(=O)Nc1cccc(C)c1. The van der Waals surface area contributed by atoms with Crippen molar-refractivity contribution in [2.24, 2.45) is 0 Å². The summed E-state index contributed by atoms with van der Waals surface area (Å²) in [6.45, 7) is 3.53. The first-order valence-corrected chi connectivity index (χ1v) is 9.99. The first kappa shape index (κ1) is 21.0. The molecule has 0 saturated heterocycles. The van der Waals surface area contributed by atoms with Gasteiger partial charge >= 0.3 is 0 Å². The molecule has 0 aliphatic heterocycles. The molecule has 1 N–H and O–H groups in total. The third-order valence-electron chi connectivity index (χ3n) is 3.89. The van der Waals surface area contributed by atoms with Gasteiger partial charge in [0.15, 0.2) is 0 Å². The molecule has 0 spiro atoms. The number of hydrogen-bond acceptors (Lipinski definition) is 4. The number of rotatable bonds is 10. The van der Waals surface area contributed by atoms with E-state index in [-0.39, 0.29) is 23.3 Å². The van der Waals surface area contributed by atoms with Crippen LogP contribution in [-0.2, 0) is 20.9 Å². The van der Waals surface area contributed by atoms with Crippen LogP contribution in [0, 0.1) is 6.92 Å². The molecule has 0 saturated carbocycles. The van der Waals surface area contributed by atoms with E-state index in [1.807, 2.05) is 61.5 Å². The molecule has 2 aromatic rings.